The van der Waals surface area contributed by atoms with E-state index in [-0.39, 0.29) is 57.1 Å². The first kappa shape index (κ1) is 51.3. The Morgan fingerprint density at radius 1 is 0.794 bits per heavy atom. The van der Waals surface area contributed by atoms with E-state index in [9.17, 15) is 31.5 Å². The van der Waals surface area contributed by atoms with Crippen LogP contribution in [0.25, 0.3) is 0 Å². The maximum atomic E-state index is 13.1. The number of fused-ring (bicyclic) bond motifs is 2. The molecule has 2 atom stereocenters. The van der Waals surface area contributed by atoms with E-state index in [2.05, 4.69) is 44.0 Å². The summed E-state index contributed by atoms with van der Waals surface area (Å²) in [7, 11) is -2.53. The van der Waals surface area contributed by atoms with Gasteiger partial charge < -0.3 is 29.0 Å². The van der Waals surface area contributed by atoms with E-state index in [0.717, 1.165) is 64.2 Å². The molecule has 2 heterocycles. The van der Waals surface area contributed by atoms with Crippen LogP contribution in [0, 0.1) is 6.92 Å². The summed E-state index contributed by atoms with van der Waals surface area (Å²) in [5, 5.41) is 9.18. The largest absolute Gasteiger partial charge is 0.481 e. The molecule has 0 fully saturated rings. The van der Waals surface area contributed by atoms with Crippen molar-refractivity contribution >= 4 is 49.4 Å². The predicted molar refractivity (Wildman–Crippen MR) is 249 cm³/mol. The molecule has 14 nitrogen and oxygen atoms in total. The van der Waals surface area contributed by atoms with Crippen LogP contribution in [0.2, 0.25) is 0 Å². The highest BCUT2D eigenvalue weighted by molar-refractivity contribution is 7.89. The van der Waals surface area contributed by atoms with Crippen LogP contribution in [0.5, 0.6) is 0 Å². The van der Waals surface area contributed by atoms with Gasteiger partial charge in [-0.05, 0) is 75.8 Å². The van der Waals surface area contributed by atoms with Crippen molar-refractivity contribution in [3.05, 3.63) is 107 Å². The van der Waals surface area contributed by atoms with Crippen molar-refractivity contribution in [3.63, 3.8) is 0 Å². The zero-order valence-electron chi connectivity index (χ0n) is 37.7. The highest BCUT2D eigenvalue weighted by Gasteiger charge is 2.48. The van der Waals surface area contributed by atoms with Crippen molar-refractivity contribution in [2.45, 2.75) is 76.5 Å². The number of carboxylic acids is 1. The zero-order chi connectivity index (χ0) is 46.1. The highest BCUT2D eigenvalue weighted by Crippen LogP contribution is 2.50. The van der Waals surface area contributed by atoms with E-state index in [0.29, 0.717) is 32.5 Å². The third-order valence-corrected chi connectivity index (χ3v) is 14.5. The van der Waals surface area contributed by atoms with Crippen LogP contribution in [0.4, 0.5) is 11.4 Å². The molecule has 346 valence electrons. The van der Waals surface area contributed by atoms with E-state index in [1.165, 1.54) is 14.2 Å². The molecule has 63 heavy (non-hydrogen) atoms. The maximum absolute atomic E-state index is 13.1. The Balaban J connectivity index is 1.68. The van der Waals surface area contributed by atoms with Gasteiger partial charge in [-0.1, -0.05) is 54.1 Å². The molecule has 0 saturated carbocycles. The maximum Gasteiger partial charge on any atom is 0.303 e. The van der Waals surface area contributed by atoms with Crippen LogP contribution in [-0.4, -0.2) is 123 Å². The van der Waals surface area contributed by atoms with Crippen molar-refractivity contribution in [2.24, 2.45) is 0 Å². The minimum atomic E-state index is -3.62. The van der Waals surface area contributed by atoms with Crippen molar-refractivity contribution in [3.8, 4) is 0 Å². The number of nitrogens with zero attached hydrogens (tertiary/aromatic N) is 2. The molecule has 3 N–H and O–H groups in total. The Kier molecular flexibility index (Phi) is 19.7. The number of methoxy groups -OCH3 is 3. The Labute approximate surface area is 374 Å². The number of rotatable bonds is 29. The molecule has 2 aliphatic rings. The van der Waals surface area contributed by atoms with Gasteiger partial charge in [0.1, 0.15) is 12.8 Å². The van der Waals surface area contributed by atoms with Gasteiger partial charge in [-0.2, -0.15) is 4.58 Å². The average molecular weight is 912 g/mol. The molecule has 0 spiro atoms. The molecule has 4 rings (SSSR count). The molecule has 0 bridgehead atoms. The Morgan fingerprint density at radius 3 is 2.06 bits per heavy atom. The van der Waals surface area contributed by atoms with Gasteiger partial charge in [-0.25, -0.2) is 26.3 Å². The van der Waals surface area contributed by atoms with Gasteiger partial charge in [0, 0.05) is 94.7 Å². The molecule has 2 unspecified atom stereocenters. The first-order valence-electron chi connectivity index (χ1n) is 21.5. The molecule has 0 aliphatic carbocycles. The zero-order valence-corrected chi connectivity index (χ0v) is 39.4. The summed E-state index contributed by atoms with van der Waals surface area (Å²) >= 11 is 0. The number of sulfonamides is 2. The number of unbranched alkanes of at least 4 members (excludes halogenated alkanes) is 2. The van der Waals surface area contributed by atoms with Gasteiger partial charge in [0.15, 0.2) is 5.71 Å². The van der Waals surface area contributed by atoms with Crippen molar-refractivity contribution < 1.29 is 50.3 Å². The van der Waals surface area contributed by atoms with Gasteiger partial charge in [-0.15, -0.1) is 0 Å². The van der Waals surface area contributed by atoms with E-state index < -0.39 is 36.8 Å². The number of carboxylic acid groups (broad SMARTS) is 1. The fourth-order valence-electron chi connectivity index (χ4n) is 8.31. The fourth-order valence-corrected chi connectivity index (χ4v) is 10.7. The number of ether oxygens (including phenoxy) is 3. The van der Waals surface area contributed by atoms with Crippen LogP contribution >= 0.6 is 0 Å². The average Bonchev–Trinajstić information content (AvgIpc) is 3.61. The number of hydrogen-bond acceptors (Lipinski definition) is 10. The second-order valence-electron chi connectivity index (χ2n) is 16.4. The molecule has 2 aromatic carbocycles. The summed E-state index contributed by atoms with van der Waals surface area (Å²) in [6.45, 7) is 8.66. The van der Waals surface area contributed by atoms with Crippen molar-refractivity contribution in [1.82, 2.24) is 9.44 Å². The third-order valence-electron chi connectivity index (χ3n) is 11.8. The van der Waals surface area contributed by atoms with Gasteiger partial charge in [0.2, 0.25) is 25.7 Å². The number of carbonyl (C=O) groups is 2. The van der Waals surface area contributed by atoms with Gasteiger partial charge in [0.05, 0.1) is 36.7 Å². The molecule has 2 aliphatic heterocycles. The predicted octanol–water partition coefficient (Wildman–Crippen LogP) is 5.63. The number of carbonyl (C=O) groups excluding carboxylic acids is 1. The molecule has 0 saturated heterocycles. The summed E-state index contributed by atoms with van der Waals surface area (Å²) in [5.74, 6) is -1.02. The number of aryl methyl sites for hydroxylation is 1. The van der Waals surface area contributed by atoms with Crippen molar-refractivity contribution in [1.29, 1.82) is 0 Å². The molecular weight excluding hydrogens is 845 g/mol. The van der Waals surface area contributed by atoms with E-state index in [4.69, 9.17) is 14.2 Å². The number of anilines is 1. The lowest BCUT2D eigenvalue weighted by molar-refractivity contribution is -0.438. The molecule has 0 aromatic heterocycles. The number of nitrogens with one attached hydrogen (secondary N) is 2. The second-order valence-corrected chi connectivity index (χ2v) is 20.2. The summed E-state index contributed by atoms with van der Waals surface area (Å²) in [6, 6.07) is 12.2. The number of aldehydes is 1. The monoisotopic (exact) mass is 911 g/mol. The number of aliphatic carboxylic acids is 1. The minimum absolute atomic E-state index is 0.0868. The van der Waals surface area contributed by atoms with Crippen LogP contribution in [0.1, 0.15) is 74.6 Å². The van der Waals surface area contributed by atoms with Crippen LogP contribution in [-0.2, 0) is 61.1 Å². The molecule has 2 aromatic rings. The lowest BCUT2D eigenvalue weighted by Crippen LogP contribution is -2.37. The van der Waals surface area contributed by atoms with E-state index in [1.807, 2.05) is 74.6 Å². The molecule has 0 radical (unpaired) electrons. The van der Waals surface area contributed by atoms with E-state index in [1.54, 1.807) is 7.11 Å². The summed E-state index contributed by atoms with van der Waals surface area (Å²) < 4.78 is 75.6. The lowest BCUT2D eigenvalue weighted by Gasteiger charge is -2.30. The summed E-state index contributed by atoms with van der Waals surface area (Å²) in [5.41, 5.74) is 6.35. The Hall–Kier alpha value is -4.29. The van der Waals surface area contributed by atoms with Crippen molar-refractivity contribution in [2.75, 3.05) is 83.7 Å². The minimum Gasteiger partial charge on any atom is -0.481 e. The van der Waals surface area contributed by atoms with E-state index >= 15 is 0 Å². The van der Waals surface area contributed by atoms with Crippen LogP contribution in [0.15, 0.2) is 84.6 Å². The quantitative estimate of drug-likeness (QED) is 0.0399. The summed E-state index contributed by atoms with van der Waals surface area (Å²) in [6.07, 6.45) is 17.6. The standard InChI is InChI=1S/C47H66N4O10S2/c1-37-18-20-41-39(35-37)46(2,23-33-62(55,56)48-25-30-59-4)43(50(41)27-14-10-13-17-45(53)54)15-11-8-7-9-12-16-44-47(3,24-34-63(57,58)49-26-31-60-5)40-36-38(22-29-52)19-21-42(40)51(44)28-32-61-6/h7-9,11-12,15-16,18-21,29,35-36,48-49H,10,13-14,17,22-28,30-34H2,1-6H3/p+1. The number of benzene rings is 2. The SMILES string of the molecule is COCCNS(=O)(=O)CCC1(C)C(/C=C/C=C/C=C/C=C2/N(CCOC)c3ccc(CC=O)cc3C2(C)CCS(=O)(=O)NCCOC)=[N+](CCCCCC(=O)O)c2ccc(C)cc21. The molecule has 16 heteroatoms. The highest BCUT2D eigenvalue weighted by atomic mass is 32.2. The van der Waals surface area contributed by atoms with Gasteiger partial charge in [0.25, 0.3) is 0 Å². The number of hydrogen-bond donors (Lipinski definition) is 3. The molecular formula is C47H67N4O10S2+. The molecule has 0 amide bonds. The second kappa shape index (κ2) is 24.1. The van der Waals surface area contributed by atoms with Crippen LogP contribution < -0.4 is 14.3 Å². The van der Waals surface area contributed by atoms with Crippen LogP contribution in [0.3, 0.4) is 0 Å². The van der Waals surface area contributed by atoms with Gasteiger partial charge in [-0.3, -0.25) is 4.79 Å². The Morgan fingerprint density at radius 2 is 1.43 bits per heavy atom. The third kappa shape index (κ3) is 14.1. The summed E-state index contributed by atoms with van der Waals surface area (Å²) in [4.78, 5) is 24.8. The smallest absolute Gasteiger partial charge is 0.303 e. The topological polar surface area (TPSA) is 181 Å². The Bertz CT molecular complexity index is 2270. The number of allylic oxidation sites excluding steroid dienone is 8. The first-order valence-corrected chi connectivity index (χ1v) is 24.8. The van der Waals surface area contributed by atoms with Gasteiger partial charge >= 0.3 is 5.97 Å². The first-order chi connectivity index (χ1) is 30.1. The lowest BCUT2D eigenvalue weighted by atomic mass is 9.76. The normalized spacial score (nSPS) is 19.7. The fraction of sp³-hybridized carbons (Fsp3) is 0.511.